The number of nitrogens with one attached hydrogen (secondary N) is 1. The third-order valence-electron chi connectivity index (χ3n) is 3.00. The van der Waals surface area contributed by atoms with Crippen LogP contribution in [0.1, 0.15) is 10.4 Å². The van der Waals surface area contributed by atoms with Gasteiger partial charge >= 0.3 is 5.97 Å². The Kier molecular flexibility index (Phi) is 5.59. The van der Waals surface area contributed by atoms with Gasteiger partial charge in [-0.3, -0.25) is 4.79 Å². The van der Waals surface area contributed by atoms with Gasteiger partial charge in [-0.1, -0.05) is 11.6 Å². The summed E-state index contributed by atoms with van der Waals surface area (Å²) in [6.45, 7) is -0.528. The van der Waals surface area contributed by atoms with E-state index in [0.29, 0.717) is 16.5 Å². The van der Waals surface area contributed by atoms with Gasteiger partial charge in [0.1, 0.15) is 11.6 Å². The van der Waals surface area contributed by atoms with Crippen molar-refractivity contribution in [3.05, 3.63) is 52.8 Å². The van der Waals surface area contributed by atoms with Crippen molar-refractivity contribution in [2.45, 2.75) is 0 Å². The minimum absolute atomic E-state index is 0.0170. The number of amides is 1. The number of benzene rings is 2. The maximum atomic E-state index is 12.9. The highest BCUT2D eigenvalue weighted by Gasteiger charge is 2.14. The number of carbonyl (C=O) groups excluding carboxylic acids is 2. The average molecular weight is 353 g/mol. The van der Waals surface area contributed by atoms with Crippen molar-refractivity contribution in [1.82, 2.24) is 0 Å². The number of carbonyl (C=O) groups is 2. The second kappa shape index (κ2) is 7.65. The van der Waals surface area contributed by atoms with Gasteiger partial charge in [0.05, 0.1) is 17.7 Å². The Morgan fingerprint density at radius 3 is 2.62 bits per heavy atom. The monoisotopic (exact) mass is 352 g/mol. The molecule has 0 fully saturated rings. The second-order valence-electron chi connectivity index (χ2n) is 4.71. The first-order valence-corrected chi connectivity index (χ1v) is 7.14. The van der Waals surface area contributed by atoms with E-state index >= 15 is 0 Å². The minimum atomic E-state index is -0.824. The highest BCUT2D eigenvalue weighted by Crippen LogP contribution is 2.27. The number of ether oxygens (including phenoxy) is 2. The Labute approximate surface area is 142 Å². The Balaban J connectivity index is 1.93. The van der Waals surface area contributed by atoms with Gasteiger partial charge in [-0.2, -0.15) is 0 Å². The van der Waals surface area contributed by atoms with Crippen LogP contribution >= 0.6 is 11.6 Å². The van der Waals surface area contributed by atoms with Crippen molar-refractivity contribution in [1.29, 1.82) is 0 Å². The van der Waals surface area contributed by atoms with E-state index in [9.17, 15) is 14.0 Å². The van der Waals surface area contributed by atoms with Crippen LogP contribution in [-0.4, -0.2) is 25.6 Å². The summed E-state index contributed by atoms with van der Waals surface area (Å²) in [7, 11) is 1.47. The van der Waals surface area contributed by atoms with Crippen molar-refractivity contribution in [3.63, 3.8) is 0 Å². The molecule has 0 aliphatic carbocycles. The second-order valence-corrected chi connectivity index (χ2v) is 5.11. The normalized spacial score (nSPS) is 10.1. The van der Waals surface area contributed by atoms with Gasteiger partial charge in [0.15, 0.2) is 6.61 Å². The standard InChI is InChI=1S/C16H14ClFN2O4/c1-23-14-5-3-10(7-12(14)17)20-15(21)8-24-16(22)11-4-2-9(18)6-13(11)19/h2-7H,8,19H2,1H3,(H,20,21). The minimum Gasteiger partial charge on any atom is -0.495 e. The lowest BCUT2D eigenvalue weighted by Gasteiger charge is -2.09. The molecule has 0 spiro atoms. The van der Waals surface area contributed by atoms with Gasteiger partial charge < -0.3 is 20.5 Å². The quantitative estimate of drug-likeness (QED) is 0.638. The van der Waals surface area contributed by atoms with Gasteiger partial charge in [-0.25, -0.2) is 9.18 Å². The molecule has 0 saturated carbocycles. The Morgan fingerprint density at radius 1 is 1.25 bits per heavy atom. The molecule has 6 nitrogen and oxygen atoms in total. The van der Waals surface area contributed by atoms with Crippen LogP contribution in [0, 0.1) is 5.82 Å². The molecule has 0 unspecified atom stereocenters. The number of rotatable bonds is 5. The summed E-state index contributed by atoms with van der Waals surface area (Å²) in [4.78, 5) is 23.6. The van der Waals surface area contributed by atoms with Gasteiger partial charge in [0.25, 0.3) is 5.91 Å². The molecule has 0 heterocycles. The molecule has 0 aromatic heterocycles. The van der Waals surface area contributed by atoms with E-state index in [0.717, 1.165) is 12.1 Å². The number of halogens is 2. The maximum Gasteiger partial charge on any atom is 0.340 e. The van der Waals surface area contributed by atoms with Crippen LogP contribution in [-0.2, 0) is 9.53 Å². The summed E-state index contributed by atoms with van der Waals surface area (Å²) in [5.41, 5.74) is 5.86. The molecular weight excluding hydrogens is 339 g/mol. The van der Waals surface area contributed by atoms with Crippen molar-refractivity contribution in [2.24, 2.45) is 0 Å². The lowest BCUT2D eigenvalue weighted by atomic mass is 10.2. The molecule has 1 amide bonds. The topological polar surface area (TPSA) is 90.6 Å². The fourth-order valence-corrected chi connectivity index (χ4v) is 2.13. The maximum absolute atomic E-state index is 12.9. The van der Waals surface area contributed by atoms with E-state index in [1.165, 1.54) is 19.2 Å². The van der Waals surface area contributed by atoms with Crippen LogP contribution in [0.3, 0.4) is 0 Å². The molecule has 0 radical (unpaired) electrons. The number of nitrogen functional groups attached to an aromatic ring is 1. The number of hydrogen-bond acceptors (Lipinski definition) is 5. The fourth-order valence-electron chi connectivity index (χ4n) is 1.87. The van der Waals surface area contributed by atoms with Gasteiger partial charge in [0.2, 0.25) is 0 Å². The molecule has 2 aromatic rings. The molecule has 2 rings (SSSR count). The lowest BCUT2D eigenvalue weighted by Crippen LogP contribution is -2.21. The van der Waals surface area contributed by atoms with E-state index in [1.807, 2.05) is 0 Å². The largest absolute Gasteiger partial charge is 0.495 e. The number of nitrogens with two attached hydrogens (primary N) is 1. The first-order valence-electron chi connectivity index (χ1n) is 6.76. The molecule has 0 atom stereocenters. The van der Waals surface area contributed by atoms with Crippen LogP contribution < -0.4 is 15.8 Å². The van der Waals surface area contributed by atoms with Crippen molar-refractivity contribution in [3.8, 4) is 5.75 Å². The summed E-state index contributed by atoms with van der Waals surface area (Å²) in [6.07, 6.45) is 0. The SMILES string of the molecule is COc1ccc(NC(=O)COC(=O)c2ccc(F)cc2N)cc1Cl. The zero-order chi connectivity index (χ0) is 17.7. The number of hydrogen-bond donors (Lipinski definition) is 2. The summed E-state index contributed by atoms with van der Waals surface area (Å²) in [5.74, 6) is -1.49. The highest BCUT2D eigenvalue weighted by molar-refractivity contribution is 6.32. The van der Waals surface area contributed by atoms with Gasteiger partial charge in [-0.15, -0.1) is 0 Å². The van der Waals surface area contributed by atoms with Crippen LogP contribution in [0.4, 0.5) is 15.8 Å². The van der Waals surface area contributed by atoms with Gasteiger partial charge in [-0.05, 0) is 36.4 Å². The fraction of sp³-hybridized carbons (Fsp3) is 0.125. The molecule has 2 aromatic carbocycles. The molecule has 8 heteroatoms. The Bertz CT molecular complexity index is 783. The van der Waals surface area contributed by atoms with E-state index in [1.54, 1.807) is 12.1 Å². The summed E-state index contributed by atoms with van der Waals surface area (Å²) >= 11 is 5.94. The molecule has 126 valence electrons. The molecule has 3 N–H and O–H groups in total. The van der Waals surface area contributed by atoms with E-state index in [4.69, 9.17) is 26.8 Å². The first-order chi connectivity index (χ1) is 11.4. The van der Waals surface area contributed by atoms with Crippen LogP contribution in [0.5, 0.6) is 5.75 Å². The first kappa shape index (κ1) is 17.6. The molecule has 0 saturated heterocycles. The average Bonchev–Trinajstić information content (AvgIpc) is 2.53. The number of methoxy groups -OCH3 is 1. The highest BCUT2D eigenvalue weighted by atomic mass is 35.5. The van der Waals surface area contributed by atoms with Crippen LogP contribution in [0.15, 0.2) is 36.4 Å². The van der Waals surface area contributed by atoms with Crippen molar-refractivity contribution < 1.29 is 23.5 Å². The smallest absolute Gasteiger partial charge is 0.340 e. The zero-order valence-electron chi connectivity index (χ0n) is 12.6. The zero-order valence-corrected chi connectivity index (χ0v) is 13.4. The van der Waals surface area contributed by atoms with Crippen molar-refractivity contribution in [2.75, 3.05) is 24.8 Å². The summed E-state index contributed by atoms with van der Waals surface area (Å²) in [5, 5.41) is 2.84. The third kappa shape index (κ3) is 4.36. The van der Waals surface area contributed by atoms with E-state index in [-0.39, 0.29) is 11.3 Å². The van der Waals surface area contributed by atoms with Crippen LogP contribution in [0.25, 0.3) is 0 Å². The number of esters is 1. The predicted molar refractivity (Wildman–Crippen MR) is 87.7 cm³/mol. The van der Waals surface area contributed by atoms with E-state index < -0.39 is 24.3 Å². The van der Waals surface area contributed by atoms with Crippen molar-refractivity contribution >= 4 is 34.9 Å². The van der Waals surface area contributed by atoms with Crippen LogP contribution in [0.2, 0.25) is 5.02 Å². The lowest BCUT2D eigenvalue weighted by molar-refractivity contribution is -0.119. The molecule has 0 aliphatic rings. The molecule has 24 heavy (non-hydrogen) atoms. The summed E-state index contributed by atoms with van der Waals surface area (Å²) < 4.78 is 22.8. The number of anilines is 2. The Morgan fingerprint density at radius 2 is 2.00 bits per heavy atom. The molecule has 0 bridgehead atoms. The Hall–Kier alpha value is -2.80. The molecule has 0 aliphatic heterocycles. The summed E-state index contributed by atoms with van der Waals surface area (Å²) in [6, 6.07) is 7.93. The predicted octanol–water partition coefficient (Wildman–Crippen LogP) is 2.87. The third-order valence-corrected chi connectivity index (χ3v) is 3.30. The van der Waals surface area contributed by atoms with Gasteiger partial charge in [0, 0.05) is 11.4 Å². The molecular formula is C16H14ClFN2O4. The van der Waals surface area contributed by atoms with E-state index in [2.05, 4.69) is 5.32 Å².